The van der Waals surface area contributed by atoms with Crippen molar-refractivity contribution < 1.29 is 9.53 Å². The fraction of sp³-hybridized carbons (Fsp3) is 0.619. The zero-order valence-corrected chi connectivity index (χ0v) is 17.4. The average Bonchev–Trinajstić information content (AvgIpc) is 2.68. The van der Waals surface area contributed by atoms with Gasteiger partial charge in [0.2, 0.25) is 5.91 Å². The first-order chi connectivity index (χ1) is 13.1. The summed E-state index contributed by atoms with van der Waals surface area (Å²) in [5, 5.41) is 3.25. The molecule has 0 unspecified atom stereocenters. The second-order valence-corrected chi connectivity index (χ2v) is 6.36. The summed E-state index contributed by atoms with van der Waals surface area (Å²) < 4.78 is 5.70. The molecule has 0 saturated heterocycles. The molecule has 1 aromatic rings. The molecular weight excluding hydrogens is 340 g/mol. The number of rotatable bonds is 12. The van der Waals surface area contributed by atoms with Crippen molar-refractivity contribution in [2.24, 2.45) is 4.99 Å². The van der Waals surface area contributed by atoms with Crippen LogP contribution in [0.25, 0.3) is 0 Å². The van der Waals surface area contributed by atoms with Crippen molar-refractivity contribution in [3.05, 3.63) is 35.9 Å². The summed E-state index contributed by atoms with van der Waals surface area (Å²) >= 11 is 0. The lowest BCUT2D eigenvalue weighted by Crippen LogP contribution is -2.45. The standard InChI is InChI=1S/C21H36N4O2/c1-5-22-21(24(4)18-20(26)25(6-2)7-3)23-15-11-16-27-17-14-19-12-9-8-10-13-19/h8-10,12-13H,5-7,11,14-18H2,1-4H3,(H,22,23). The van der Waals surface area contributed by atoms with Crippen molar-refractivity contribution in [3.63, 3.8) is 0 Å². The van der Waals surface area contributed by atoms with E-state index < -0.39 is 0 Å². The maximum Gasteiger partial charge on any atom is 0.242 e. The lowest BCUT2D eigenvalue weighted by molar-refractivity contribution is -0.131. The summed E-state index contributed by atoms with van der Waals surface area (Å²) in [5.41, 5.74) is 1.30. The van der Waals surface area contributed by atoms with E-state index in [-0.39, 0.29) is 5.91 Å². The maximum atomic E-state index is 12.3. The van der Waals surface area contributed by atoms with Gasteiger partial charge in [-0.05, 0) is 39.2 Å². The van der Waals surface area contributed by atoms with Crippen molar-refractivity contribution in [2.45, 2.75) is 33.6 Å². The predicted molar refractivity (Wildman–Crippen MR) is 112 cm³/mol. The largest absolute Gasteiger partial charge is 0.381 e. The molecule has 0 fully saturated rings. The van der Waals surface area contributed by atoms with Crippen LogP contribution in [0.2, 0.25) is 0 Å². The average molecular weight is 377 g/mol. The van der Waals surface area contributed by atoms with Crippen molar-refractivity contribution in [3.8, 4) is 0 Å². The Hall–Kier alpha value is -2.08. The van der Waals surface area contributed by atoms with Crippen LogP contribution >= 0.6 is 0 Å². The number of aliphatic imine (C=N–C) groups is 1. The third-order valence-corrected chi connectivity index (χ3v) is 4.27. The van der Waals surface area contributed by atoms with Gasteiger partial charge in [0.15, 0.2) is 5.96 Å². The van der Waals surface area contributed by atoms with E-state index in [1.54, 1.807) is 0 Å². The third-order valence-electron chi connectivity index (χ3n) is 4.27. The molecule has 0 aliphatic rings. The van der Waals surface area contributed by atoms with Gasteiger partial charge in [-0.1, -0.05) is 30.3 Å². The number of ether oxygens (including phenoxy) is 1. The fourth-order valence-corrected chi connectivity index (χ4v) is 2.71. The highest BCUT2D eigenvalue weighted by atomic mass is 16.5. The van der Waals surface area contributed by atoms with Crippen LogP contribution in [0, 0.1) is 0 Å². The summed E-state index contributed by atoms with van der Waals surface area (Å²) in [7, 11) is 1.90. The number of benzene rings is 1. The van der Waals surface area contributed by atoms with Crippen LogP contribution in [-0.4, -0.2) is 74.7 Å². The topological polar surface area (TPSA) is 57.2 Å². The predicted octanol–water partition coefficient (Wildman–Crippen LogP) is 2.40. The molecule has 0 radical (unpaired) electrons. The van der Waals surface area contributed by atoms with Crippen LogP contribution in [0.1, 0.15) is 32.8 Å². The van der Waals surface area contributed by atoms with E-state index in [1.165, 1.54) is 5.56 Å². The fourth-order valence-electron chi connectivity index (χ4n) is 2.71. The number of carbonyl (C=O) groups excluding carboxylic acids is 1. The van der Waals surface area contributed by atoms with Crippen LogP contribution in [0.5, 0.6) is 0 Å². The second-order valence-electron chi connectivity index (χ2n) is 6.36. The van der Waals surface area contributed by atoms with Gasteiger partial charge >= 0.3 is 0 Å². The highest BCUT2D eigenvalue weighted by Crippen LogP contribution is 2.00. The van der Waals surface area contributed by atoms with E-state index in [1.807, 2.05) is 55.8 Å². The van der Waals surface area contributed by atoms with Crippen LogP contribution in [0.3, 0.4) is 0 Å². The molecule has 0 heterocycles. The summed E-state index contributed by atoms with van der Waals surface area (Å²) in [6.07, 6.45) is 1.80. The molecular formula is C21H36N4O2. The lowest BCUT2D eigenvalue weighted by Gasteiger charge is -2.25. The summed E-state index contributed by atoms with van der Waals surface area (Å²) in [6.45, 7) is 10.7. The monoisotopic (exact) mass is 376 g/mol. The molecule has 0 saturated carbocycles. The summed E-state index contributed by atoms with van der Waals surface area (Å²) in [4.78, 5) is 20.6. The first-order valence-electron chi connectivity index (χ1n) is 10.0. The Balaban J connectivity index is 2.32. The van der Waals surface area contributed by atoms with Crippen molar-refractivity contribution in [2.75, 3.05) is 53.0 Å². The SMILES string of the molecule is CCNC(=NCCCOCCc1ccccc1)N(C)CC(=O)N(CC)CC. The van der Waals surface area contributed by atoms with Crippen molar-refractivity contribution in [1.82, 2.24) is 15.1 Å². The molecule has 1 N–H and O–H groups in total. The zero-order chi connectivity index (χ0) is 19.9. The Labute approximate surface area is 164 Å². The van der Waals surface area contributed by atoms with Crippen molar-refractivity contribution in [1.29, 1.82) is 0 Å². The number of likely N-dealkylation sites (N-methyl/N-ethyl adjacent to an activating group) is 2. The molecule has 6 nitrogen and oxygen atoms in total. The van der Waals surface area contributed by atoms with E-state index in [4.69, 9.17) is 4.74 Å². The molecule has 6 heteroatoms. The van der Waals surface area contributed by atoms with E-state index >= 15 is 0 Å². The number of nitrogens with zero attached hydrogens (tertiary/aromatic N) is 3. The molecule has 0 aromatic heterocycles. The van der Waals surface area contributed by atoms with Crippen molar-refractivity contribution >= 4 is 11.9 Å². The van der Waals surface area contributed by atoms with Gasteiger partial charge in [-0.15, -0.1) is 0 Å². The Bertz CT molecular complexity index is 544. The third kappa shape index (κ3) is 9.43. The number of hydrogen-bond acceptors (Lipinski definition) is 3. The summed E-state index contributed by atoms with van der Waals surface area (Å²) in [6, 6.07) is 10.4. The maximum absolute atomic E-state index is 12.3. The quantitative estimate of drug-likeness (QED) is 0.346. The molecule has 0 atom stereocenters. The van der Waals surface area contributed by atoms with E-state index in [0.29, 0.717) is 19.7 Å². The normalized spacial score (nSPS) is 11.3. The van der Waals surface area contributed by atoms with Gasteiger partial charge in [-0.25, -0.2) is 0 Å². The minimum absolute atomic E-state index is 0.123. The number of nitrogens with one attached hydrogen (secondary N) is 1. The zero-order valence-electron chi connectivity index (χ0n) is 17.4. The molecule has 0 bridgehead atoms. The van der Waals surface area contributed by atoms with Gasteiger partial charge < -0.3 is 19.9 Å². The number of carbonyl (C=O) groups is 1. The molecule has 27 heavy (non-hydrogen) atoms. The van der Waals surface area contributed by atoms with Gasteiger partial charge in [-0.2, -0.15) is 0 Å². The van der Waals surface area contributed by atoms with Crippen LogP contribution in [-0.2, 0) is 16.0 Å². The van der Waals surface area contributed by atoms with Gasteiger partial charge in [-0.3, -0.25) is 9.79 Å². The number of hydrogen-bond donors (Lipinski definition) is 1. The molecule has 0 spiro atoms. The lowest BCUT2D eigenvalue weighted by atomic mass is 10.2. The molecule has 0 aliphatic carbocycles. The highest BCUT2D eigenvalue weighted by Gasteiger charge is 2.14. The Morgan fingerprint density at radius 3 is 2.44 bits per heavy atom. The second kappa shape index (κ2) is 14.0. The van der Waals surface area contributed by atoms with E-state index in [2.05, 4.69) is 22.4 Å². The first-order valence-corrected chi connectivity index (χ1v) is 10.0. The number of amides is 1. The molecule has 1 rings (SSSR count). The van der Waals surface area contributed by atoms with E-state index in [9.17, 15) is 4.79 Å². The minimum atomic E-state index is 0.123. The molecule has 1 amide bonds. The van der Waals surface area contributed by atoms with Crippen LogP contribution in [0.15, 0.2) is 35.3 Å². The van der Waals surface area contributed by atoms with E-state index in [0.717, 1.165) is 45.0 Å². The minimum Gasteiger partial charge on any atom is -0.381 e. The van der Waals surface area contributed by atoms with Gasteiger partial charge in [0.1, 0.15) is 0 Å². The Morgan fingerprint density at radius 2 is 1.81 bits per heavy atom. The Kier molecular flexibility index (Phi) is 11.9. The van der Waals surface area contributed by atoms with Crippen LogP contribution < -0.4 is 5.32 Å². The van der Waals surface area contributed by atoms with Gasteiger partial charge in [0.25, 0.3) is 0 Å². The Morgan fingerprint density at radius 1 is 1.11 bits per heavy atom. The summed E-state index contributed by atoms with van der Waals surface area (Å²) in [5.74, 6) is 0.889. The van der Waals surface area contributed by atoms with Gasteiger partial charge in [0.05, 0.1) is 13.2 Å². The molecule has 1 aromatic carbocycles. The number of guanidine groups is 1. The first kappa shape index (κ1) is 23.0. The highest BCUT2D eigenvalue weighted by molar-refractivity contribution is 5.86. The van der Waals surface area contributed by atoms with Crippen LogP contribution in [0.4, 0.5) is 0 Å². The molecule has 0 aliphatic heterocycles. The smallest absolute Gasteiger partial charge is 0.242 e. The van der Waals surface area contributed by atoms with Gasteiger partial charge in [0, 0.05) is 39.8 Å². The molecule has 152 valence electrons.